The summed E-state index contributed by atoms with van der Waals surface area (Å²) in [5, 5.41) is 4.49. The Morgan fingerprint density at radius 3 is 2.24 bits per heavy atom. The number of furan rings is 1. The van der Waals surface area contributed by atoms with Gasteiger partial charge in [0.1, 0.15) is 5.58 Å². The maximum Gasteiger partial charge on any atom is 0.257 e. The smallest absolute Gasteiger partial charge is 0.257 e. The summed E-state index contributed by atoms with van der Waals surface area (Å²) in [4.78, 5) is 25.9. The average molecular weight is 445 g/mol. The predicted molar refractivity (Wildman–Crippen MR) is 116 cm³/mol. The molecule has 0 atom stereocenters. The summed E-state index contributed by atoms with van der Waals surface area (Å²) in [6, 6.07) is 18.0. The van der Waals surface area contributed by atoms with E-state index in [9.17, 15) is 9.59 Å². The Morgan fingerprint density at radius 2 is 1.52 bits per heavy atom. The minimum absolute atomic E-state index is 0.0203. The van der Waals surface area contributed by atoms with Gasteiger partial charge in [0, 0.05) is 21.0 Å². The van der Waals surface area contributed by atoms with Crippen molar-refractivity contribution in [3.8, 4) is 0 Å². The fourth-order valence-electron chi connectivity index (χ4n) is 2.92. The van der Waals surface area contributed by atoms with Crippen molar-refractivity contribution < 1.29 is 14.0 Å². The lowest BCUT2D eigenvalue weighted by Crippen LogP contribution is -2.14. The fourth-order valence-corrected chi connectivity index (χ4v) is 3.54. The molecule has 144 valence electrons. The lowest BCUT2D eigenvalue weighted by molar-refractivity contribution is 0.101. The van der Waals surface area contributed by atoms with Crippen molar-refractivity contribution in [1.29, 1.82) is 0 Å². The van der Waals surface area contributed by atoms with Gasteiger partial charge in [0.15, 0.2) is 5.76 Å². The highest BCUT2D eigenvalue weighted by Crippen LogP contribution is 2.33. The van der Waals surface area contributed by atoms with Crippen molar-refractivity contribution in [2.45, 2.75) is 0 Å². The molecular weight excluding hydrogens is 433 g/mol. The molecule has 1 aromatic heterocycles. The Labute approximate surface area is 181 Å². The lowest BCUT2D eigenvalue weighted by Gasteiger charge is -2.08. The zero-order chi connectivity index (χ0) is 20.5. The molecule has 0 bridgehead atoms. The molecule has 1 N–H and O–H groups in total. The molecule has 0 aliphatic heterocycles. The van der Waals surface area contributed by atoms with E-state index in [0.717, 1.165) is 0 Å². The monoisotopic (exact) mass is 443 g/mol. The highest BCUT2D eigenvalue weighted by atomic mass is 35.5. The molecule has 29 heavy (non-hydrogen) atoms. The van der Waals surface area contributed by atoms with Crippen LogP contribution in [0.2, 0.25) is 15.1 Å². The van der Waals surface area contributed by atoms with Gasteiger partial charge in [-0.3, -0.25) is 9.59 Å². The molecule has 7 heteroatoms. The zero-order valence-corrected chi connectivity index (χ0v) is 17.0. The summed E-state index contributed by atoms with van der Waals surface area (Å²) in [7, 11) is 0. The third-order valence-corrected chi connectivity index (χ3v) is 5.12. The SMILES string of the molecule is O=C(Nc1c(C(=O)c2ccc(Cl)cc2)oc2ccccc12)c1ccc(Cl)cc1Cl. The van der Waals surface area contributed by atoms with Crippen molar-refractivity contribution in [3.05, 3.63) is 98.7 Å². The summed E-state index contributed by atoms with van der Waals surface area (Å²) in [5.41, 5.74) is 1.36. The Balaban J connectivity index is 1.78. The molecule has 4 rings (SSSR count). The number of hydrogen-bond donors (Lipinski definition) is 1. The first-order valence-electron chi connectivity index (χ1n) is 8.52. The van der Waals surface area contributed by atoms with Crippen LogP contribution in [0.1, 0.15) is 26.5 Å². The fraction of sp³-hybridized carbons (Fsp3) is 0. The minimum atomic E-state index is -0.483. The van der Waals surface area contributed by atoms with Crippen molar-refractivity contribution in [2.24, 2.45) is 0 Å². The first kappa shape index (κ1) is 19.5. The van der Waals surface area contributed by atoms with Crippen molar-refractivity contribution >= 4 is 63.1 Å². The number of halogens is 3. The second-order valence-corrected chi connectivity index (χ2v) is 7.50. The van der Waals surface area contributed by atoms with Gasteiger partial charge in [-0.25, -0.2) is 0 Å². The standard InChI is InChI=1S/C22H12Cl3NO3/c23-13-7-5-12(6-8-13)20(27)21-19(16-3-1-2-4-18(16)29-21)26-22(28)15-10-9-14(24)11-17(15)25/h1-11H,(H,26,28). The number of carbonyl (C=O) groups excluding carboxylic acids is 2. The minimum Gasteiger partial charge on any atom is -0.450 e. The number of amides is 1. The van der Waals surface area contributed by atoms with Crippen LogP contribution in [0, 0.1) is 0 Å². The molecule has 0 spiro atoms. The van der Waals surface area contributed by atoms with Crippen LogP contribution in [0.5, 0.6) is 0 Å². The van der Waals surface area contributed by atoms with E-state index in [4.69, 9.17) is 39.2 Å². The number of hydrogen-bond acceptors (Lipinski definition) is 3. The van der Waals surface area contributed by atoms with Crippen molar-refractivity contribution in [2.75, 3.05) is 5.32 Å². The van der Waals surface area contributed by atoms with Gasteiger partial charge in [0.05, 0.1) is 16.3 Å². The van der Waals surface area contributed by atoms with Gasteiger partial charge in [-0.05, 0) is 54.6 Å². The molecule has 3 aromatic carbocycles. The first-order chi connectivity index (χ1) is 13.9. The van der Waals surface area contributed by atoms with Crippen LogP contribution in [0.3, 0.4) is 0 Å². The number of nitrogens with one attached hydrogen (secondary N) is 1. The molecular formula is C22H12Cl3NO3. The summed E-state index contributed by atoms with van der Waals surface area (Å²) in [6.45, 7) is 0. The zero-order valence-electron chi connectivity index (χ0n) is 14.7. The van der Waals surface area contributed by atoms with Crippen LogP contribution >= 0.6 is 34.8 Å². The van der Waals surface area contributed by atoms with E-state index in [0.29, 0.717) is 26.6 Å². The van der Waals surface area contributed by atoms with Crippen LogP contribution in [0.25, 0.3) is 11.0 Å². The summed E-state index contributed by atoms with van der Waals surface area (Å²) < 4.78 is 5.78. The second-order valence-electron chi connectivity index (χ2n) is 6.22. The average Bonchev–Trinajstić information content (AvgIpc) is 3.06. The number of ketones is 1. The second kappa shape index (κ2) is 7.91. The highest BCUT2D eigenvalue weighted by molar-refractivity contribution is 6.37. The number of anilines is 1. The quantitative estimate of drug-likeness (QED) is 0.349. The normalized spacial score (nSPS) is 10.9. The number of para-hydroxylation sites is 1. The van der Waals surface area contributed by atoms with E-state index in [1.165, 1.54) is 12.1 Å². The number of benzene rings is 3. The molecule has 4 aromatic rings. The summed E-state index contributed by atoms with van der Waals surface area (Å²) >= 11 is 18.0. The van der Waals surface area contributed by atoms with Gasteiger partial charge < -0.3 is 9.73 Å². The van der Waals surface area contributed by atoms with E-state index in [2.05, 4.69) is 5.32 Å². The van der Waals surface area contributed by atoms with E-state index in [1.54, 1.807) is 54.6 Å². The van der Waals surface area contributed by atoms with Crippen LogP contribution in [0.4, 0.5) is 5.69 Å². The number of carbonyl (C=O) groups is 2. The van der Waals surface area contributed by atoms with Crippen molar-refractivity contribution in [1.82, 2.24) is 0 Å². The van der Waals surface area contributed by atoms with Gasteiger partial charge in [-0.2, -0.15) is 0 Å². The van der Waals surface area contributed by atoms with Crippen LogP contribution < -0.4 is 5.32 Å². The topological polar surface area (TPSA) is 59.3 Å². The molecule has 0 unspecified atom stereocenters. The Kier molecular flexibility index (Phi) is 5.33. The highest BCUT2D eigenvalue weighted by Gasteiger charge is 2.24. The van der Waals surface area contributed by atoms with E-state index < -0.39 is 5.91 Å². The van der Waals surface area contributed by atoms with Crippen molar-refractivity contribution in [3.63, 3.8) is 0 Å². The maximum atomic E-state index is 13.0. The number of fused-ring (bicyclic) bond motifs is 1. The lowest BCUT2D eigenvalue weighted by atomic mass is 10.1. The third-order valence-electron chi connectivity index (χ3n) is 4.32. The molecule has 0 aliphatic rings. The third kappa shape index (κ3) is 3.87. The van der Waals surface area contributed by atoms with Gasteiger partial charge in [0.25, 0.3) is 5.91 Å². The molecule has 1 heterocycles. The molecule has 0 saturated heterocycles. The van der Waals surface area contributed by atoms with E-state index in [-0.39, 0.29) is 27.8 Å². The van der Waals surface area contributed by atoms with Gasteiger partial charge in [0.2, 0.25) is 5.78 Å². The summed E-state index contributed by atoms with van der Waals surface area (Å²) in [6.07, 6.45) is 0. The summed E-state index contributed by atoms with van der Waals surface area (Å²) in [5.74, 6) is -0.842. The molecule has 0 fully saturated rings. The van der Waals surface area contributed by atoms with Gasteiger partial charge in [-0.15, -0.1) is 0 Å². The molecule has 0 radical (unpaired) electrons. The molecule has 0 aliphatic carbocycles. The van der Waals surface area contributed by atoms with Gasteiger partial charge in [-0.1, -0.05) is 46.9 Å². The number of rotatable bonds is 4. The predicted octanol–water partition coefficient (Wildman–Crippen LogP) is 6.88. The molecule has 4 nitrogen and oxygen atoms in total. The van der Waals surface area contributed by atoms with Crippen LogP contribution in [-0.4, -0.2) is 11.7 Å². The van der Waals surface area contributed by atoms with Crippen LogP contribution in [0.15, 0.2) is 71.1 Å². The Hall–Kier alpha value is -2.79. The molecule has 0 saturated carbocycles. The largest absolute Gasteiger partial charge is 0.450 e. The van der Waals surface area contributed by atoms with E-state index in [1.807, 2.05) is 0 Å². The maximum absolute atomic E-state index is 13.0. The first-order valence-corrected chi connectivity index (χ1v) is 9.65. The van der Waals surface area contributed by atoms with Crippen LogP contribution in [-0.2, 0) is 0 Å². The molecule has 1 amide bonds. The Morgan fingerprint density at radius 1 is 0.828 bits per heavy atom. The van der Waals surface area contributed by atoms with Gasteiger partial charge >= 0.3 is 0 Å². The van der Waals surface area contributed by atoms with E-state index >= 15 is 0 Å². The Bertz CT molecular complexity index is 1250.